The van der Waals surface area contributed by atoms with Gasteiger partial charge in [-0.2, -0.15) is 4.31 Å². The summed E-state index contributed by atoms with van der Waals surface area (Å²) in [7, 11) is -3.49. The molecule has 1 aromatic rings. The minimum absolute atomic E-state index is 0.100. The van der Waals surface area contributed by atoms with Gasteiger partial charge in [0.25, 0.3) is 0 Å². The van der Waals surface area contributed by atoms with Gasteiger partial charge in [-0.15, -0.1) is 0 Å². The maximum atomic E-state index is 12.9. The minimum atomic E-state index is -3.49. The van der Waals surface area contributed by atoms with E-state index < -0.39 is 10.0 Å². The van der Waals surface area contributed by atoms with Gasteiger partial charge in [0.2, 0.25) is 10.0 Å². The number of hydrogen-bond acceptors (Lipinski definition) is 3. The highest BCUT2D eigenvalue weighted by Gasteiger charge is 2.32. The second-order valence-corrected chi connectivity index (χ2v) is 7.43. The summed E-state index contributed by atoms with van der Waals surface area (Å²) in [5.41, 5.74) is 7.26. The van der Waals surface area contributed by atoms with E-state index in [1.165, 1.54) is 0 Å². The van der Waals surface area contributed by atoms with Crippen molar-refractivity contribution in [3.8, 4) is 0 Å². The van der Waals surface area contributed by atoms with Crippen molar-refractivity contribution in [1.82, 2.24) is 4.31 Å². The van der Waals surface area contributed by atoms with Crippen LogP contribution in [-0.4, -0.2) is 25.3 Å². The Morgan fingerprint density at radius 3 is 2.70 bits per heavy atom. The van der Waals surface area contributed by atoms with Crippen molar-refractivity contribution in [3.05, 3.63) is 23.8 Å². The average Bonchev–Trinajstić information content (AvgIpc) is 2.63. The molecule has 1 unspecified atom stereocenters. The third-order valence-electron chi connectivity index (χ3n) is 4.05. The molecule has 2 N–H and O–H groups in total. The fraction of sp³-hybridized carbons (Fsp3) is 0.600. The van der Waals surface area contributed by atoms with E-state index in [-0.39, 0.29) is 10.9 Å². The molecule has 4 nitrogen and oxygen atoms in total. The van der Waals surface area contributed by atoms with E-state index in [1.54, 1.807) is 16.4 Å². The summed E-state index contributed by atoms with van der Waals surface area (Å²) in [6, 6.07) is 5.27. The van der Waals surface area contributed by atoms with E-state index in [2.05, 4.69) is 6.92 Å². The molecule has 0 aliphatic carbocycles. The lowest BCUT2D eigenvalue weighted by atomic mass is 10.1. The molecule has 0 saturated carbocycles. The SMILES string of the molecule is CCC1CCCCCN1S(=O)(=O)c1ccc(C)cc1N. The molecule has 0 amide bonds. The molecule has 2 rings (SSSR count). The normalized spacial score (nSPS) is 21.6. The first-order valence-corrected chi connectivity index (χ1v) is 8.78. The molecule has 112 valence electrons. The van der Waals surface area contributed by atoms with E-state index in [1.807, 2.05) is 13.0 Å². The number of nitrogen functional groups attached to an aromatic ring is 1. The Morgan fingerprint density at radius 2 is 2.05 bits per heavy atom. The number of hydrogen-bond donors (Lipinski definition) is 1. The van der Waals surface area contributed by atoms with E-state index >= 15 is 0 Å². The van der Waals surface area contributed by atoms with Crippen molar-refractivity contribution < 1.29 is 8.42 Å². The topological polar surface area (TPSA) is 63.4 Å². The monoisotopic (exact) mass is 296 g/mol. The maximum Gasteiger partial charge on any atom is 0.245 e. The number of rotatable bonds is 3. The molecule has 1 heterocycles. The number of aryl methyl sites for hydroxylation is 1. The largest absolute Gasteiger partial charge is 0.398 e. The molecule has 1 aromatic carbocycles. The zero-order valence-corrected chi connectivity index (χ0v) is 13.1. The van der Waals surface area contributed by atoms with Gasteiger partial charge in [0, 0.05) is 12.6 Å². The van der Waals surface area contributed by atoms with Crippen molar-refractivity contribution in [2.75, 3.05) is 12.3 Å². The van der Waals surface area contributed by atoms with Crippen molar-refractivity contribution in [1.29, 1.82) is 0 Å². The fourth-order valence-electron chi connectivity index (χ4n) is 2.90. The first-order chi connectivity index (χ1) is 9.46. The predicted octanol–water partition coefficient (Wildman–Crippen LogP) is 2.92. The highest BCUT2D eigenvalue weighted by atomic mass is 32.2. The molecule has 1 aliphatic rings. The molecule has 1 aliphatic heterocycles. The fourth-order valence-corrected chi connectivity index (χ4v) is 4.77. The zero-order valence-electron chi connectivity index (χ0n) is 12.3. The lowest BCUT2D eigenvalue weighted by Gasteiger charge is -2.28. The van der Waals surface area contributed by atoms with Crippen LogP contribution in [-0.2, 0) is 10.0 Å². The molecule has 0 spiro atoms. The van der Waals surface area contributed by atoms with Crippen LogP contribution >= 0.6 is 0 Å². The van der Waals surface area contributed by atoms with Crippen molar-refractivity contribution >= 4 is 15.7 Å². The summed E-state index contributed by atoms with van der Waals surface area (Å²) in [5.74, 6) is 0. The van der Waals surface area contributed by atoms with Crippen molar-refractivity contribution in [2.24, 2.45) is 0 Å². The van der Waals surface area contributed by atoms with Crippen LogP contribution in [0.1, 0.15) is 44.6 Å². The zero-order chi connectivity index (χ0) is 14.8. The maximum absolute atomic E-state index is 12.9. The summed E-state index contributed by atoms with van der Waals surface area (Å²) in [4.78, 5) is 0.253. The molecular formula is C15H24N2O2S. The van der Waals surface area contributed by atoms with Gasteiger partial charge >= 0.3 is 0 Å². The first-order valence-electron chi connectivity index (χ1n) is 7.34. The van der Waals surface area contributed by atoms with Crippen LogP contribution in [0.25, 0.3) is 0 Å². The third kappa shape index (κ3) is 2.99. The van der Waals surface area contributed by atoms with E-state index in [0.717, 1.165) is 37.7 Å². The van der Waals surface area contributed by atoms with Crippen LogP contribution in [0.3, 0.4) is 0 Å². The Morgan fingerprint density at radius 1 is 1.30 bits per heavy atom. The van der Waals surface area contributed by atoms with Gasteiger partial charge in [0.05, 0.1) is 5.69 Å². The smallest absolute Gasteiger partial charge is 0.245 e. The Bertz CT molecular complexity index is 569. The van der Waals surface area contributed by atoms with Crippen molar-refractivity contribution in [3.63, 3.8) is 0 Å². The Labute approximate surface area is 122 Å². The Hall–Kier alpha value is -1.07. The number of sulfonamides is 1. The molecule has 0 bridgehead atoms. The van der Waals surface area contributed by atoms with Gasteiger partial charge in [-0.25, -0.2) is 8.42 Å². The number of benzene rings is 1. The predicted molar refractivity (Wildman–Crippen MR) is 82.0 cm³/mol. The number of nitrogens with two attached hydrogens (primary N) is 1. The highest BCUT2D eigenvalue weighted by molar-refractivity contribution is 7.89. The summed E-state index contributed by atoms with van der Waals surface area (Å²) < 4.78 is 27.4. The second-order valence-electron chi connectivity index (χ2n) is 5.57. The van der Waals surface area contributed by atoms with Gasteiger partial charge in [-0.1, -0.05) is 25.8 Å². The van der Waals surface area contributed by atoms with E-state index in [4.69, 9.17) is 5.73 Å². The summed E-state index contributed by atoms with van der Waals surface area (Å²) in [5, 5.41) is 0. The Kier molecular flexibility index (Phi) is 4.70. The van der Waals surface area contributed by atoms with Crippen LogP contribution in [0.2, 0.25) is 0 Å². The number of anilines is 1. The van der Waals surface area contributed by atoms with Crippen molar-refractivity contribution in [2.45, 2.75) is 56.9 Å². The van der Waals surface area contributed by atoms with Crippen LogP contribution in [0.15, 0.2) is 23.1 Å². The third-order valence-corrected chi connectivity index (χ3v) is 6.07. The molecule has 20 heavy (non-hydrogen) atoms. The van der Waals surface area contributed by atoms with Gasteiger partial charge in [-0.3, -0.25) is 0 Å². The van der Waals surface area contributed by atoms with Gasteiger partial charge < -0.3 is 5.73 Å². The van der Waals surface area contributed by atoms with Crippen LogP contribution in [0.4, 0.5) is 5.69 Å². The van der Waals surface area contributed by atoms with E-state index in [0.29, 0.717) is 12.2 Å². The molecule has 0 radical (unpaired) electrons. The molecule has 1 atom stereocenters. The quantitative estimate of drug-likeness (QED) is 0.872. The van der Waals surface area contributed by atoms with Crippen LogP contribution < -0.4 is 5.73 Å². The summed E-state index contributed by atoms with van der Waals surface area (Å²) >= 11 is 0. The summed E-state index contributed by atoms with van der Waals surface area (Å²) in [6.45, 7) is 4.57. The highest BCUT2D eigenvalue weighted by Crippen LogP contribution is 2.29. The number of nitrogens with zero attached hydrogens (tertiary/aromatic N) is 1. The molecule has 1 fully saturated rings. The molecule has 1 saturated heterocycles. The lowest BCUT2D eigenvalue weighted by Crippen LogP contribution is -2.39. The van der Waals surface area contributed by atoms with Crippen LogP contribution in [0.5, 0.6) is 0 Å². The molecule has 0 aromatic heterocycles. The van der Waals surface area contributed by atoms with Crippen LogP contribution in [0, 0.1) is 6.92 Å². The second kappa shape index (κ2) is 6.14. The first kappa shape index (κ1) is 15.3. The Balaban J connectivity index is 2.41. The van der Waals surface area contributed by atoms with Gasteiger partial charge in [-0.05, 0) is 43.9 Å². The van der Waals surface area contributed by atoms with Gasteiger partial charge in [0.1, 0.15) is 4.90 Å². The summed E-state index contributed by atoms with van der Waals surface area (Å²) in [6.07, 6.45) is 4.94. The molecular weight excluding hydrogens is 272 g/mol. The van der Waals surface area contributed by atoms with E-state index in [9.17, 15) is 8.42 Å². The lowest BCUT2D eigenvalue weighted by molar-refractivity contribution is 0.315. The molecule has 5 heteroatoms. The minimum Gasteiger partial charge on any atom is -0.398 e. The van der Waals surface area contributed by atoms with Gasteiger partial charge in [0.15, 0.2) is 0 Å². The standard InChI is InChI=1S/C15H24N2O2S/c1-3-13-7-5-4-6-10-17(13)20(18,19)15-9-8-12(2)11-14(15)16/h8-9,11,13H,3-7,10,16H2,1-2H3. The average molecular weight is 296 g/mol.